The first kappa shape index (κ1) is 16.3. The SMILES string of the molecule is CCCCOc1ccc(NC(=O)C(C)(C)C)c2ccccc12. The first-order valence-corrected chi connectivity index (χ1v) is 7.89. The van der Waals surface area contributed by atoms with E-state index in [1.54, 1.807) is 0 Å². The largest absolute Gasteiger partial charge is 0.493 e. The van der Waals surface area contributed by atoms with Gasteiger partial charge in [0.15, 0.2) is 0 Å². The minimum atomic E-state index is -0.419. The second kappa shape index (κ2) is 6.82. The Kier molecular flexibility index (Phi) is 5.07. The predicted molar refractivity (Wildman–Crippen MR) is 92.4 cm³/mol. The predicted octanol–water partition coefficient (Wildman–Crippen LogP) is 5.00. The normalized spacial score (nSPS) is 11.5. The van der Waals surface area contributed by atoms with Gasteiger partial charge in [-0.25, -0.2) is 0 Å². The number of fused-ring (bicyclic) bond motifs is 1. The van der Waals surface area contributed by atoms with Crippen LogP contribution < -0.4 is 10.1 Å². The van der Waals surface area contributed by atoms with Crippen LogP contribution in [0, 0.1) is 5.41 Å². The molecule has 0 unspecified atom stereocenters. The maximum atomic E-state index is 12.2. The van der Waals surface area contributed by atoms with E-state index in [1.165, 1.54) is 0 Å². The summed E-state index contributed by atoms with van der Waals surface area (Å²) in [6.07, 6.45) is 2.15. The highest BCUT2D eigenvalue weighted by molar-refractivity contribution is 6.05. The fraction of sp³-hybridized carbons (Fsp3) is 0.421. The number of amides is 1. The van der Waals surface area contributed by atoms with Crippen molar-refractivity contribution in [3.05, 3.63) is 36.4 Å². The molecule has 0 aliphatic rings. The highest BCUT2D eigenvalue weighted by atomic mass is 16.5. The number of anilines is 1. The van der Waals surface area contributed by atoms with Crippen LogP contribution in [0.2, 0.25) is 0 Å². The van der Waals surface area contributed by atoms with Crippen molar-refractivity contribution in [2.75, 3.05) is 11.9 Å². The molecule has 3 heteroatoms. The lowest BCUT2D eigenvalue weighted by atomic mass is 9.95. The molecule has 3 nitrogen and oxygen atoms in total. The molecule has 0 saturated carbocycles. The number of carbonyl (C=O) groups excluding carboxylic acids is 1. The van der Waals surface area contributed by atoms with Crippen LogP contribution in [0.4, 0.5) is 5.69 Å². The Morgan fingerprint density at radius 2 is 1.77 bits per heavy atom. The summed E-state index contributed by atoms with van der Waals surface area (Å²) in [5.41, 5.74) is 0.413. The molecule has 0 saturated heterocycles. The molecule has 22 heavy (non-hydrogen) atoms. The second-order valence-corrected chi connectivity index (χ2v) is 6.56. The number of hydrogen-bond acceptors (Lipinski definition) is 2. The van der Waals surface area contributed by atoms with Crippen LogP contribution in [-0.2, 0) is 4.79 Å². The number of ether oxygens (including phenoxy) is 1. The maximum absolute atomic E-state index is 12.2. The van der Waals surface area contributed by atoms with E-state index in [0.29, 0.717) is 6.61 Å². The van der Waals surface area contributed by atoms with Crippen LogP contribution >= 0.6 is 0 Å². The Bertz CT molecular complexity index is 656. The molecule has 1 amide bonds. The van der Waals surface area contributed by atoms with Gasteiger partial charge in [-0.15, -0.1) is 0 Å². The van der Waals surface area contributed by atoms with Crippen molar-refractivity contribution in [2.45, 2.75) is 40.5 Å². The molecule has 2 rings (SSSR count). The zero-order valence-electron chi connectivity index (χ0n) is 13.9. The van der Waals surface area contributed by atoms with E-state index in [1.807, 2.05) is 57.2 Å². The summed E-state index contributed by atoms with van der Waals surface area (Å²) in [4.78, 5) is 12.2. The first-order chi connectivity index (χ1) is 10.4. The van der Waals surface area contributed by atoms with Gasteiger partial charge in [-0.1, -0.05) is 58.4 Å². The molecule has 2 aromatic rings. The van der Waals surface area contributed by atoms with Crippen LogP contribution in [0.5, 0.6) is 5.75 Å². The van der Waals surface area contributed by atoms with E-state index in [2.05, 4.69) is 12.2 Å². The summed E-state index contributed by atoms with van der Waals surface area (Å²) >= 11 is 0. The van der Waals surface area contributed by atoms with E-state index in [0.717, 1.165) is 35.1 Å². The van der Waals surface area contributed by atoms with Gasteiger partial charge in [0.05, 0.1) is 6.61 Å². The molecule has 0 aromatic heterocycles. The fourth-order valence-corrected chi connectivity index (χ4v) is 2.14. The quantitative estimate of drug-likeness (QED) is 0.789. The minimum absolute atomic E-state index is 0.0114. The number of benzene rings is 2. The summed E-state index contributed by atoms with van der Waals surface area (Å²) in [5.74, 6) is 0.884. The highest BCUT2D eigenvalue weighted by Crippen LogP contribution is 2.32. The molecule has 0 bridgehead atoms. The second-order valence-electron chi connectivity index (χ2n) is 6.56. The third-order valence-corrected chi connectivity index (χ3v) is 3.57. The molecule has 1 N–H and O–H groups in total. The van der Waals surface area contributed by atoms with E-state index < -0.39 is 5.41 Å². The zero-order chi connectivity index (χ0) is 16.2. The summed E-state index contributed by atoms with van der Waals surface area (Å²) in [7, 11) is 0. The molecule has 0 heterocycles. The Morgan fingerprint density at radius 3 is 2.41 bits per heavy atom. The third-order valence-electron chi connectivity index (χ3n) is 3.57. The molecular formula is C19H25NO2. The van der Waals surface area contributed by atoms with Crippen molar-refractivity contribution in [1.29, 1.82) is 0 Å². The summed E-state index contributed by atoms with van der Waals surface area (Å²) in [6.45, 7) is 8.59. The lowest BCUT2D eigenvalue weighted by Gasteiger charge is -2.19. The van der Waals surface area contributed by atoms with Crippen LogP contribution in [0.25, 0.3) is 10.8 Å². The Hall–Kier alpha value is -2.03. The van der Waals surface area contributed by atoms with Gasteiger partial charge in [0.25, 0.3) is 0 Å². The van der Waals surface area contributed by atoms with Crippen LogP contribution in [0.3, 0.4) is 0 Å². The maximum Gasteiger partial charge on any atom is 0.229 e. The van der Waals surface area contributed by atoms with Gasteiger partial charge in [-0.05, 0) is 18.6 Å². The van der Waals surface area contributed by atoms with Gasteiger partial charge in [-0.3, -0.25) is 4.79 Å². The van der Waals surface area contributed by atoms with Crippen LogP contribution in [0.1, 0.15) is 40.5 Å². The number of nitrogens with one attached hydrogen (secondary N) is 1. The zero-order valence-corrected chi connectivity index (χ0v) is 13.9. The van der Waals surface area contributed by atoms with Crippen LogP contribution in [-0.4, -0.2) is 12.5 Å². The highest BCUT2D eigenvalue weighted by Gasteiger charge is 2.22. The van der Waals surface area contributed by atoms with Crippen molar-refractivity contribution in [3.8, 4) is 5.75 Å². The number of unbranched alkanes of at least 4 members (excludes halogenated alkanes) is 1. The Morgan fingerprint density at radius 1 is 1.09 bits per heavy atom. The van der Waals surface area contributed by atoms with Gasteiger partial charge < -0.3 is 10.1 Å². The fourth-order valence-electron chi connectivity index (χ4n) is 2.14. The van der Waals surface area contributed by atoms with Crippen molar-refractivity contribution < 1.29 is 9.53 Å². The molecule has 0 spiro atoms. The first-order valence-electron chi connectivity index (χ1n) is 7.89. The average molecular weight is 299 g/mol. The van der Waals surface area contributed by atoms with Gasteiger partial charge in [-0.2, -0.15) is 0 Å². The molecular weight excluding hydrogens is 274 g/mol. The Balaban J connectivity index is 2.34. The molecule has 0 aliphatic heterocycles. The molecule has 0 fully saturated rings. The van der Waals surface area contributed by atoms with Gasteiger partial charge in [0, 0.05) is 21.9 Å². The van der Waals surface area contributed by atoms with Gasteiger partial charge >= 0.3 is 0 Å². The van der Waals surface area contributed by atoms with Crippen LogP contribution in [0.15, 0.2) is 36.4 Å². The monoisotopic (exact) mass is 299 g/mol. The summed E-state index contributed by atoms with van der Waals surface area (Å²) in [5, 5.41) is 5.07. The topological polar surface area (TPSA) is 38.3 Å². The molecule has 0 radical (unpaired) electrons. The molecule has 0 atom stereocenters. The van der Waals surface area contributed by atoms with Crippen molar-refractivity contribution >= 4 is 22.4 Å². The van der Waals surface area contributed by atoms with Crippen molar-refractivity contribution in [3.63, 3.8) is 0 Å². The average Bonchev–Trinajstić information content (AvgIpc) is 2.48. The number of rotatable bonds is 5. The lowest BCUT2D eigenvalue weighted by Crippen LogP contribution is -2.27. The minimum Gasteiger partial charge on any atom is -0.493 e. The lowest BCUT2D eigenvalue weighted by molar-refractivity contribution is -0.123. The standard InChI is InChI=1S/C19H25NO2/c1-5-6-13-22-17-12-11-16(20-18(21)19(2,3)4)14-9-7-8-10-15(14)17/h7-12H,5-6,13H2,1-4H3,(H,20,21). The number of hydrogen-bond donors (Lipinski definition) is 1. The molecule has 2 aromatic carbocycles. The van der Waals surface area contributed by atoms with E-state index >= 15 is 0 Å². The van der Waals surface area contributed by atoms with Gasteiger partial charge in [0.1, 0.15) is 5.75 Å². The molecule has 118 valence electrons. The van der Waals surface area contributed by atoms with E-state index in [9.17, 15) is 4.79 Å². The van der Waals surface area contributed by atoms with E-state index in [-0.39, 0.29) is 5.91 Å². The van der Waals surface area contributed by atoms with Crippen molar-refractivity contribution in [2.24, 2.45) is 5.41 Å². The Labute approximate surface area is 132 Å². The molecule has 0 aliphatic carbocycles. The third kappa shape index (κ3) is 3.79. The number of carbonyl (C=O) groups is 1. The summed E-state index contributed by atoms with van der Waals surface area (Å²) in [6, 6.07) is 11.9. The summed E-state index contributed by atoms with van der Waals surface area (Å²) < 4.78 is 5.87. The van der Waals surface area contributed by atoms with Crippen molar-refractivity contribution in [1.82, 2.24) is 0 Å². The van der Waals surface area contributed by atoms with E-state index in [4.69, 9.17) is 4.74 Å². The smallest absolute Gasteiger partial charge is 0.229 e. The van der Waals surface area contributed by atoms with Gasteiger partial charge in [0.2, 0.25) is 5.91 Å².